The van der Waals surface area contributed by atoms with Gasteiger partial charge in [0.2, 0.25) is 0 Å². The molecule has 154 valence electrons. The van der Waals surface area contributed by atoms with Crippen molar-refractivity contribution < 1.29 is 19.4 Å². The molecule has 2 aliphatic rings. The largest absolute Gasteiger partial charge is 0.480 e. The molecule has 1 aliphatic heterocycles. The number of carbonyl (C=O) groups is 2. The molecule has 2 aromatic carbocycles. The summed E-state index contributed by atoms with van der Waals surface area (Å²) in [5.41, 5.74) is 4.75. The Morgan fingerprint density at radius 3 is 2.21 bits per heavy atom. The van der Waals surface area contributed by atoms with Crippen molar-refractivity contribution >= 4 is 24.5 Å². The number of carbonyl (C=O) groups excluding carboxylic acids is 1. The van der Waals surface area contributed by atoms with E-state index in [4.69, 9.17) is 4.74 Å². The molecule has 1 aliphatic carbocycles. The van der Waals surface area contributed by atoms with Crippen LogP contribution in [-0.4, -0.2) is 54.4 Å². The Labute approximate surface area is 176 Å². The van der Waals surface area contributed by atoms with Gasteiger partial charge in [-0.1, -0.05) is 48.5 Å². The van der Waals surface area contributed by atoms with E-state index in [1.165, 1.54) is 22.3 Å². The standard InChI is InChI=1S/C22H24N2O4.ClH/c1-24-12-14(10-11-20(24)21(25)26)23-22(27)28-13-19-17-8-4-2-6-15(17)16-7-3-5-9-18(16)19;/h2-9,14,19-20H,10-13H2,1H3,(H,23,27)(H,25,26);1H. The topological polar surface area (TPSA) is 78.9 Å². The average molecular weight is 417 g/mol. The van der Waals surface area contributed by atoms with Crippen LogP contribution in [0.25, 0.3) is 11.1 Å². The quantitative estimate of drug-likeness (QED) is 0.797. The normalized spacial score (nSPS) is 20.9. The summed E-state index contributed by atoms with van der Waals surface area (Å²) < 4.78 is 5.57. The molecule has 0 aromatic heterocycles. The van der Waals surface area contributed by atoms with Gasteiger partial charge in [0, 0.05) is 18.5 Å². The first-order chi connectivity index (χ1) is 13.5. The molecular weight excluding hydrogens is 392 g/mol. The Balaban J connectivity index is 0.00000240. The first-order valence-electron chi connectivity index (χ1n) is 9.59. The maximum Gasteiger partial charge on any atom is 0.407 e. The lowest BCUT2D eigenvalue weighted by atomic mass is 9.98. The third-order valence-electron chi connectivity index (χ3n) is 5.78. The molecule has 0 bridgehead atoms. The van der Waals surface area contributed by atoms with E-state index in [0.717, 1.165) is 0 Å². The van der Waals surface area contributed by atoms with Gasteiger partial charge in [0.25, 0.3) is 0 Å². The lowest BCUT2D eigenvalue weighted by Gasteiger charge is -2.34. The molecule has 2 N–H and O–H groups in total. The molecule has 2 unspecified atom stereocenters. The lowest BCUT2D eigenvalue weighted by molar-refractivity contribution is -0.144. The van der Waals surface area contributed by atoms with Crippen LogP contribution in [0, 0.1) is 0 Å². The Morgan fingerprint density at radius 1 is 1.07 bits per heavy atom. The van der Waals surface area contributed by atoms with Gasteiger partial charge in [-0.3, -0.25) is 9.69 Å². The fourth-order valence-electron chi connectivity index (χ4n) is 4.38. The van der Waals surface area contributed by atoms with E-state index in [1.54, 1.807) is 11.9 Å². The smallest absolute Gasteiger partial charge is 0.407 e. The SMILES string of the molecule is CN1CC(NC(=O)OCC2c3ccccc3-c3ccccc32)CCC1C(=O)O.Cl. The van der Waals surface area contributed by atoms with Crippen molar-refractivity contribution in [2.24, 2.45) is 0 Å². The summed E-state index contributed by atoms with van der Waals surface area (Å²) in [4.78, 5) is 25.3. The number of hydrogen-bond acceptors (Lipinski definition) is 4. The van der Waals surface area contributed by atoms with Gasteiger partial charge >= 0.3 is 12.1 Å². The van der Waals surface area contributed by atoms with Gasteiger partial charge in [0.15, 0.2) is 0 Å². The Morgan fingerprint density at radius 2 is 1.66 bits per heavy atom. The first-order valence-corrected chi connectivity index (χ1v) is 9.59. The lowest BCUT2D eigenvalue weighted by Crippen LogP contribution is -2.52. The highest BCUT2D eigenvalue weighted by atomic mass is 35.5. The number of nitrogens with zero attached hydrogens (tertiary/aromatic N) is 1. The number of likely N-dealkylation sites (tertiary alicyclic amines) is 1. The molecular formula is C22H25ClN2O4. The molecule has 0 saturated carbocycles. The van der Waals surface area contributed by atoms with Gasteiger partial charge in [0.1, 0.15) is 12.6 Å². The Kier molecular flexibility index (Phi) is 6.45. The zero-order valence-corrected chi connectivity index (χ0v) is 17.0. The summed E-state index contributed by atoms with van der Waals surface area (Å²) in [6, 6.07) is 15.9. The second-order valence-corrected chi connectivity index (χ2v) is 7.54. The van der Waals surface area contributed by atoms with Gasteiger partial charge in [-0.25, -0.2) is 4.79 Å². The van der Waals surface area contributed by atoms with Crippen LogP contribution < -0.4 is 5.32 Å². The molecule has 1 heterocycles. The summed E-state index contributed by atoms with van der Waals surface area (Å²) in [6.07, 6.45) is 0.695. The van der Waals surface area contributed by atoms with E-state index in [0.29, 0.717) is 19.4 Å². The molecule has 0 radical (unpaired) electrons. The summed E-state index contributed by atoms with van der Waals surface area (Å²) in [7, 11) is 1.77. The fraction of sp³-hybridized carbons (Fsp3) is 0.364. The number of amides is 1. The Hall–Kier alpha value is -2.57. The van der Waals surface area contributed by atoms with E-state index in [-0.39, 0.29) is 31.0 Å². The van der Waals surface area contributed by atoms with E-state index in [2.05, 4.69) is 29.6 Å². The molecule has 2 atom stereocenters. The van der Waals surface area contributed by atoms with Crippen molar-refractivity contribution in [1.29, 1.82) is 0 Å². The van der Waals surface area contributed by atoms with E-state index in [1.807, 2.05) is 24.3 Å². The number of carboxylic acids is 1. The summed E-state index contributed by atoms with van der Waals surface area (Å²) in [5.74, 6) is -0.786. The zero-order chi connectivity index (χ0) is 19.7. The highest BCUT2D eigenvalue weighted by Gasteiger charge is 2.32. The zero-order valence-electron chi connectivity index (χ0n) is 16.2. The van der Waals surface area contributed by atoms with Crippen LogP contribution >= 0.6 is 12.4 Å². The van der Waals surface area contributed by atoms with Crippen molar-refractivity contribution in [2.45, 2.75) is 30.8 Å². The fourth-order valence-corrected chi connectivity index (χ4v) is 4.38. The van der Waals surface area contributed by atoms with Crippen LogP contribution in [0.3, 0.4) is 0 Å². The number of rotatable bonds is 4. The van der Waals surface area contributed by atoms with Crippen LogP contribution in [0.15, 0.2) is 48.5 Å². The molecule has 6 nitrogen and oxygen atoms in total. The monoisotopic (exact) mass is 416 g/mol. The number of carboxylic acid groups (broad SMARTS) is 1. The minimum Gasteiger partial charge on any atom is -0.480 e. The number of nitrogens with one attached hydrogen (secondary N) is 1. The number of alkyl carbamates (subject to hydrolysis) is 1. The number of halogens is 1. The number of fused-ring (bicyclic) bond motifs is 3. The number of piperidine rings is 1. The van der Waals surface area contributed by atoms with Crippen molar-refractivity contribution in [1.82, 2.24) is 10.2 Å². The maximum absolute atomic E-state index is 12.3. The number of likely N-dealkylation sites (N-methyl/N-ethyl adjacent to an activating group) is 1. The van der Waals surface area contributed by atoms with Gasteiger partial charge in [0.05, 0.1) is 0 Å². The maximum atomic E-state index is 12.3. The van der Waals surface area contributed by atoms with Crippen LogP contribution in [0.1, 0.15) is 29.9 Å². The second kappa shape index (κ2) is 8.84. The minimum absolute atomic E-state index is 0. The van der Waals surface area contributed by atoms with Crippen molar-refractivity contribution in [2.75, 3.05) is 20.2 Å². The Bertz CT molecular complexity index is 858. The van der Waals surface area contributed by atoms with E-state index >= 15 is 0 Å². The van der Waals surface area contributed by atoms with Crippen LogP contribution in [0.4, 0.5) is 4.79 Å². The molecule has 1 saturated heterocycles. The molecule has 2 aromatic rings. The number of benzene rings is 2. The van der Waals surface area contributed by atoms with E-state index in [9.17, 15) is 14.7 Å². The number of aliphatic carboxylic acids is 1. The minimum atomic E-state index is -0.818. The van der Waals surface area contributed by atoms with Gasteiger partial charge in [-0.05, 0) is 42.1 Å². The van der Waals surface area contributed by atoms with Crippen LogP contribution in [0.5, 0.6) is 0 Å². The molecule has 4 rings (SSSR count). The molecule has 1 fully saturated rings. The number of ether oxygens (including phenoxy) is 1. The molecule has 1 amide bonds. The van der Waals surface area contributed by atoms with Crippen molar-refractivity contribution in [3.63, 3.8) is 0 Å². The van der Waals surface area contributed by atoms with Crippen LogP contribution in [-0.2, 0) is 9.53 Å². The van der Waals surface area contributed by atoms with Gasteiger partial charge < -0.3 is 15.2 Å². The predicted molar refractivity (Wildman–Crippen MR) is 113 cm³/mol. The highest BCUT2D eigenvalue weighted by molar-refractivity contribution is 5.85. The highest BCUT2D eigenvalue weighted by Crippen LogP contribution is 2.44. The molecule has 29 heavy (non-hydrogen) atoms. The van der Waals surface area contributed by atoms with Gasteiger partial charge in [-0.15, -0.1) is 12.4 Å². The van der Waals surface area contributed by atoms with Crippen LogP contribution in [0.2, 0.25) is 0 Å². The van der Waals surface area contributed by atoms with Crippen molar-refractivity contribution in [3.05, 3.63) is 59.7 Å². The first kappa shape index (κ1) is 21.1. The van der Waals surface area contributed by atoms with E-state index < -0.39 is 18.1 Å². The molecule has 7 heteroatoms. The summed E-state index contributed by atoms with van der Waals surface area (Å²) >= 11 is 0. The third-order valence-corrected chi connectivity index (χ3v) is 5.78. The average Bonchev–Trinajstić information content (AvgIpc) is 3.00. The van der Waals surface area contributed by atoms with Crippen molar-refractivity contribution in [3.8, 4) is 11.1 Å². The summed E-state index contributed by atoms with van der Waals surface area (Å²) in [6.45, 7) is 0.779. The van der Waals surface area contributed by atoms with Gasteiger partial charge in [-0.2, -0.15) is 0 Å². The third kappa shape index (κ3) is 4.23. The molecule has 0 spiro atoms. The number of hydrogen-bond donors (Lipinski definition) is 2. The summed E-state index contributed by atoms with van der Waals surface area (Å²) in [5, 5.41) is 12.1. The predicted octanol–water partition coefficient (Wildman–Crippen LogP) is 3.49. The second-order valence-electron chi connectivity index (χ2n) is 7.54.